The van der Waals surface area contributed by atoms with Gasteiger partial charge in [0.05, 0.1) is 5.02 Å². The molecule has 0 radical (unpaired) electrons. The first-order valence-electron chi connectivity index (χ1n) is 6.14. The fourth-order valence-corrected chi connectivity index (χ4v) is 2.77. The van der Waals surface area contributed by atoms with E-state index in [2.05, 4.69) is 20.9 Å². The summed E-state index contributed by atoms with van der Waals surface area (Å²) in [5.74, 6) is -0.0278. The van der Waals surface area contributed by atoms with Crippen molar-refractivity contribution in [3.05, 3.63) is 68.8 Å². The van der Waals surface area contributed by atoms with Gasteiger partial charge in [0.1, 0.15) is 0 Å². The molecule has 0 fully saturated rings. The van der Waals surface area contributed by atoms with Crippen LogP contribution in [0.1, 0.15) is 21.5 Å². The number of aryl methyl sites for hydroxylation is 1. The first-order chi connectivity index (χ1) is 9.58. The maximum absolute atomic E-state index is 12.6. The van der Waals surface area contributed by atoms with Crippen molar-refractivity contribution in [2.75, 3.05) is 0 Å². The molecular weight excluding hydrogens is 338 g/mol. The monoisotopic (exact) mass is 347 g/mol. The summed E-state index contributed by atoms with van der Waals surface area (Å²) in [6.45, 7) is 2.00. The number of halogens is 2. The van der Waals surface area contributed by atoms with Crippen LogP contribution in [0, 0.1) is 6.92 Å². The Balaban J connectivity index is 2.15. The SMILES string of the molecule is Cc1cccc2[nH]cc(C(=O)c3ccc(Br)c(Cl)c3)c12. The van der Waals surface area contributed by atoms with E-state index < -0.39 is 0 Å². The molecule has 1 N–H and O–H groups in total. The Morgan fingerprint density at radius 1 is 1.25 bits per heavy atom. The van der Waals surface area contributed by atoms with Gasteiger partial charge in [0.25, 0.3) is 0 Å². The Kier molecular flexibility index (Phi) is 3.40. The highest BCUT2D eigenvalue weighted by atomic mass is 79.9. The standard InChI is InChI=1S/C16H11BrClNO/c1-9-3-2-4-14-15(9)11(8-19-14)16(20)10-5-6-12(17)13(18)7-10/h2-8,19H,1H3. The first kappa shape index (κ1) is 13.4. The van der Waals surface area contributed by atoms with Gasteiger partial charge in [-0.3, -0.25) is 4.79 Å². The number of hydrogen-bond acceptors (Lipinski definition) is 1. The van der Waals surface area contributed by atoms with Gasteiger partial charge in [0.15, 0.2) is 5.78 Å². The van der Waals surface area contributed by atoms with Gasteiger partial charge >= 0.3 is 0 Å². The van der Waals surface area contributed by atoms with E-state index in [4.69, 9.17) is 11.6 Å². The minimum absolute atomic E-state index is 0.0278. The van der Waals surface area contributed by atoms with Crippen LogP contribution >= 0.6 is 27.5 Å². The highest BCUT2D eigenvalue weighted by Crippen LogP contribution is 2.27. The molecule has 4 heteroatoms. The molecule has 3 aromatic rings. The molecule has 0 saturated heterocycles. The number of fused-ring (bicyclic) bond motifs is 1. The average molecular weight is 349 g/mol. The van der Waals surface area contributed by atoms with Crippen LogP contribution in [-0.2, 0) is 0 Å². The van der Waals surface area contributed by atoms with Crippen molar-refractivity contribution in [2.24, 2.45) is 0 Å². The topological polar surface area (TPSA) is 32.9 Å². The van der Waals surface area contributed by atoms with Crippen molar-refractivity contribution in [2.45, 2.75) is 6.92 Å². The van der Waals surface area contributed by atoms with Gasteiger partial charge in [-0.2, -0.15) is 0 Å². The van der Waals surface area contributed by atoms with Gasteiger partial charge in [-0.05, 0) is 52.7 Å². The minimum Gasteiger partial charge on any atom is -0.360 e. The van der Waals surface area contributed by atoms with Crippen molar-refractivity contribution in [1.82, 2.24) is 4.98 Å². The summed E-state index contributed by atoms with van der Waals surface area (Å²) in [5.41, 5.74) is 3.31. The van der Waals surface area contributed by atoms with Gasteiger partial charge in [-0.25, -0.2) is 0 Å². The number of carbonyl (C=O) groups excluding carboxylic acids is 1. The van der Waals surface area contributed by atoms with Gasteiger partial charge in [0, 0.05) is 32.7 Å². The molecular formula is C16H11BrClNO. The largest absolute Gasteiger partial charge is 0.360 e. The van der Waals surface area contributed by atoms with Crippen LogP contribution < -0.4 is 0 Å². The molecule has 0 aliphatic rings. The van der Waals surface area contributed by atoms with Crippen LogP contribution in [0.3, 0.4) is 0 Å². The lowest BCUT2D eigenvalue weighted by Crippen LogP contribution is -2.00. The van der Waals surface area contributed by atoms with E-state index in [0.29, 0.717) is 16.1 Å². The number of hydrogen-bond donors (Lipinski definition) is 1. The van der Waals surface area contributed by atoms with Crippen molar-refractivity contribution < 1.29 is 4.79 Å². The van der Waals surface area contributed by atoms with Crippen LogP contribution in [0.2, 0.25) is 5.02 Å². The van der Waals surface area contributed by atoms with Gasteiger partial charge in [-0.1, -0.05) is 23.7 Å². The second-order valence-corrected chi connectivity index (χ2v) is 5.92. The molecule has 100 valence electrons. The quantitative estimate of drug-likeness (QED) is 0.640. The number of rotatable bonds is 2. The van der Waals surface area contributed by atoms with Crippen molar-refractivity contribution in [3.63, 3.8) is 0 Å². The number of ketones is 1. The van der Waals surface area contributed by atoms with Gasteiger partial charge in [-0.15, -0.1) is 0 Å². The summed E-state index contributed by atoms with van der Waals surface area (Å²) < 4.78 is 0.783. The summed E-state index contributed by atoms with van der Waals surface area (Å²) in [6.07, 6.45) is 1.76. The third kappa shape index (κ3) is 2.17. The molecule has 1 aromatic heterocycles. The van der Waals surface area contributed by atoms with Crippen LogP contribution in [0.25, 0.3) is 10.9 Å². The molecule has 0 bridgehead atoms. The van der Waals surface area contributed by atoms with Crippen LogP contribution in [0.15, 0.2) is 47.1 Å². The smallest absolute Gasteiger partial charge is 0.195 e. The van der Waals surface area contributed by atoms with E-state index in [1.807, 2.05) is 25.1 Å². The zero-order valence-corrected chi connectivity index (χ0v) is 13.0. The second-order valence-electron chi connectivity index (χ2n) is 4.66. The Labute approximate surface area is 129 Å². The maximum atomic E-state index is 12.6. The van der Waals surface area contributed by atoms with E-state index in [1.165, 1.54) is 0 Å². The zero-order valence-electron chi connectivity index (χ0n) is 10.7. The number of aromatic amines is 1. The van der Waals surface area contributed by atoms with Crippen molar-refractivity contribution in [3.8, 4) is 0 Å². The summed E-state index contributed by atoms with van der Waals surface area (Å²) in [7, 11) is 0. The molecule has 2 nitrogen and oxygen atoms in total. The number of carbonyl (C=O) groups is 1. The summed E-state index contributed by atoms with van der Waals surface area (Å²) in [4.78, 5) is 15.8. The second kappa shape index (κ2) is 5.08. The first-order valence-corrected chi connectivity index (χ1v) is 7.31. The number of benzene rings is 2. The Bertz CT molecular complexity index is 822. The van der Waals surface area contributed by atoms with Crippen molar-refractivity contribution >= 4 is 44.2 Å². The van der Waals surface area contributed by atoms with Gasteiger partial charge < -0.3 is 4.98 Å². The molecule has 0 amide bonds. The lowest BCUT2D eigenvalue weighted by molar-refractivity contribution is 0.104. The van der Waals surface area contributed by atoms with E-state index in [1.54, 1.807) is 24.4 Å². The number of aromatic nitrogens is 1. The van der Waals surface area contributed by atoms with E-state index in [9.17, 15) is 4.79 Å². The molecule has 0 aliphatic heterocycles. The van der Waals surface area contributed by atoms with Crippen LogP contribution in [0.5, 0.6) is 0 Å². The fourth-order valence-electron chi connectivity index (χ4n) is 2.34. The fraction of sp³-hybridized carbons (Fsp3) is 0.0625. The van der Waals surface area contributed by atoms with E-state index >= 15 is 0 Å². The molecule has 2 aromatic carbocycles. The molecule has 0 aliphatic carbocycles. The Hall–Kier alpha value is -1.58. The molecule has 0 atom stereocenters. The maximum Gasteiger partial charge on any atom is 0.195 e. The minimum atomic E-state index is -0.0278. The molecule has 0 spiro atoms. The number of nitrogens with one attached hydrogen (secondary N) is 1. The third-order valence-corrected chi connectivity index (χ3v) is 4.57. The highest BCUT2D eigenvalue weighted by molar-refractivity contribution is 9.10. The summed E-state index contributed by atoms with van der Waals surface area (Å²) >= 11 is 9.39. The average Bonchev–Trinajstić information content (AvgIpc) is 2.86. The van der Waals surface area contributed by atoms with Gasteiger partial charge in [0.2, 0.25) is 0 Å². The molecule has 20 heavy (non-hydrogen) atoms. The molecule has 0 saturated carbocycles. The highest BCUT2D eigenvalue weighted by Gasteiger charge is 2.16. The number of H-pyrrole nitrogens is 1. The summed E-state index contributed by atoms with van der Waals surface area (Å²) in [5, 5.41) is 1.50. The van der Waals surface area contributed by atoms with E-state index in [-0.39, 0.29) is 5.78 Å². The van der Waals surface area contributed by atoms with Crippen LogP contribution in [0.4, 0.5) is 0 Å². The molecule has 0 unspecified atom stereocenters. The lowest BCUT2D eigenvalue weighted by Gasteiger charge is -2.03. The van der Waals surface area contributed by atoms with E-state index in [0.717, 1.165) is 20.9 Å². The third-order valence-electron chi connectivity index (χ3n) is 3.34. The predicted molar refractivity (Wildman–Crippen MR) is 85.6 cm³/mol. The molecule has 3 rings (SSSR count). The summed E-state index contributed by atoms with van der Waals surface area (Å²) in [6, 6.07) is 11.2. The van der Waals surface area contributed by atoms with Crippen molar-refractivity contribution in [1.29, 1.82) is 0 Å². The lowest BCUT2D eigenvalue weighted by atomic mass is 10.0. The predicted octanol–water partition coefficient (Wildman–Crippen LogP) is 5.12. The zero-order chi connectivity index (χ0) is 14.3. The Morgan fingerprint density at radius 2 is 2.05 bits per heavy atom. The Morgan fingerprint density at radius 3 is 2.80 bits per heavy atom. The molecule has 1 heterocycles. The van der Waals surface area contributed by atoms with Crippen LogP contribution in [-0.4, -0.2) is 10.8 Å². The normalized spacial score (nSPS) is 10.9.